The van der Waals surface area contributed by atoms with Crippen LogP contribution in [0.25, 0.3) is 6.08 Å². The van der Waals surface area contributed by atoms with Crippen molar-refractivity contribution < 1.29 is 14.3 Å². The monoisotopic (exact) mass is 356 g/mol. The molecule has 0 saturated heterocycles. The highest BCUT2D eigenvalue weighted by atomic mass is 16.5. The third-order valence-electron chi connectivity index (χ3n) is 4.95. The molecule has 134 valence electrons. The van der Waals surface area contributed by atoms with E-state index in [1.807, 2.05) is 66.7 Å². The molecule has 0 N–H and O–H groups in total. The molecule has 3 aromatic rings. The Morgan fingerprint density at radius 3 is 2.26 bits per heavy atom. The summed E-state index contributed by atoms with van der Waals surface area (Å²) in [6, 6.07) is 23.7. The maximum atomic E-state index is 13.1. The second-order valence-corrected chi connectivity index (χ2v) is 6.47. The van der Waals surface area contributed by atoms with Crippen LogP contribution in [-0.4, -0.2) is 20.0 Å². The van der Waals surface area contributed by atoms with Crippen molar-refractivity contribution in [2.75, 3.05) is 14.2 Å². The van der Waals surface area contributed by atoms with Gasteiger partial charge in [0.15, 0.2) is 17.3 Å². The van der Waals surface area contributed by atoms with Crippen LogP contribution in [0.1, 0.15) is 33.0 Å². The quantitative estimate of drug-likeness (QED) is 0.609. The molecule has 1 aliphatic rings. The number of hydrogen-bond donors (Lipinski definition) is 0. The number of fused-ring (bicyclic) bond motifs is 1. The van der Waals surface area contributed by atoms with Crippen LogP contribution < -0.4 is 9.47 Å². The van der Waals surface area contributed by atoms with Crippen LogP contribution in [0.5, 0.6) is 11.5 Å². The molecule has 0 unspecified atom stereocenters. The molecule has 1 aliphatic carbocycles. The first kappa shape index (κ1) is 17.1. The number of ketones is 1. The second-order valence-electron chi connectivity index (χ2n) is 6.47. The Morgan fingerprint density at radius 1 is 0.815 bits per heavy atom. The molecule has 1 atom stereocenters. The van der Waals surface area contributed by atoms with Crippen LogP contribution in [0.3, 0.4) is 0 Å². The van der Waals surface area contributed by atoms with E-state index >= 15 is 0 Å². The van der Waals surface area contributed by atoms with E-state index in [0.29, 0.717) is 11.5 Å². The number of benzene rings is 3. The Labute approximate surface area is 158 Å². The lowest BCUT2D eigenvalue weighted by molar-refractivity contribution is 0.103. The summed E-state index contributed by atoms with van der Waals surface area (Å²) in [6.45, 7) is 0. The molecule has 0 radical (unpaired) electrons. The van der Waals surface area contributed by atoms with Crippen molar-refractivity contribution in [3.05, 3.63) is 101 Å². The van der Waals surface area contributed by atoms with E-state index in [4.69, 9.17) is 9.47 Å². The fourth-order valence-corrected chi connectivity index (χ4v) is 3.69. The SMILES string of the molecule is COc1ccc(/C=C2\C(=O)c3ccccc3[C@@H]2c2ccccc2)cc1OC. The molecule has 0 fully saturated rings. The Balaban J connectivity index is 1.86. The van der Waals surface area contributed by atoms with Gasteiger partial charge in [-0.1, -0.05) is 60.7 Å². The van der Waals surface area contributed by atoms with Crippen LogP contribution in [0, 0.1) is 0 Å². The van der Waals surface area contributed by atoms with Gasteiger partial charge in [-0.2, -0.15) is 0 Å². The van der Waals surface area contributed by atoms with Gasteiger partial charge in [-0.3, -0.25) is 4.79 Å². The van der Waals surface area contributed by atoms with Crippen molar-refractivity contribution in [3.63, 3.8) is 0 Å². The van der Waals surface area contributed by atoms with Gasteiger partial charge in [0.25, 0.3) is 0 Å². The summed E-state index contributed by atoms with van der Waals surface area (Å²) in [5, 5.41) is 0. The van der Waals surface area contributed by atoms with Crippen molar-refractivity contribution in [2.45, 2.75) is 5.92 Å². The topological polar surface area (TPSA) is 35.5 Å². The normalized spacial score (nSPS) is 17.0. The lowest BCUT2D eigenvalue weighted by atomic mass is 9.89. The Morgan fingerprint density at radius 2 is 1.52 bits per heavy atom. The molecule has 3 nitrogen and oxygen atoms in total. The first-order valence-corrected chi connectivity index (χ1v) is 8.85. The minimum absolute atomic E-state index is 0.0667. The van der Waals surface area contributed by atoms with Crippen LogP contribution in [-0.2, 0) is 0 Å². The minimum Gasteiger partial charge on any atom is -0.493 e. The number of carbonyl (C=O) groups is 1. The summed E-state index contributed by atoms with van der Waals surface area (Å²) in [4.78, 5) is 13.1. The summed E-state index contributed by atoms with van der Waals surface area (Å²) in [7, 11) is 3.22. The first-order valence-electron chi connectivity index (χ1n) is 8.85. The van der Waals surface area contributed by atoms with Gasteiger partial charge in [0.1, 0.15) is 0 Å². The first-order chi connectivity index (χ1) is 13.2. The van der Waals surface area contributed by atoms with Gasteiger partial charge in [0.2, 0.25) is 0 Å². The number of Topliss-reactive ketones (excluding diaryl/α,β-unsaturated/α-hetero) is 1. The highest BCUT2D eigenvalue weighted by Gasteiger charge is 2.35. The van der Waals surface area contributed by atoms with Crippen molar-refractivity contribution in [2.24, 2.45) is 0 Å². The summed E-state index contributed by atoms with van der Waals surface area (Å²) in [5.41, 5.74) is 4.63. The summed E-state index contributed by atoms with van der Waals surface area (Å²) < 4.78 is 10.7. The summed E-state index contributed by atoms with van der Waals surface area (Å²) >= 11 is 0. The van der Waals surface area contributed by atoms with E-state index in [0.717, 1.165) is 27.8 Å². The Hall–Kier alpha value is -3.33. The van der Waals surface area contributed by atoms with Crippen molar-refractivity contribution in [1.82, 2.24) is 0 Å². The standard InChI is InChI=1S/C24H20O3/c1-26-21-13-12-16(15-22(21)27-2)14-20-23(17-8-4-3-5-9-17)18-10-6-7-11-19(18)24(20)25/h3-15,23H,1-2H3/b20-14-/t23-/m0/s1. The summed E-state index contributed by atoms with van der Waals surface area (Å²) in [5.74, 6) is 1.32. The van der Waals surface area contributed by atoms with E-state index in [9.17, 15) is 4.79 Å². The van der Waals surface area contributed by atoms with Gasteiger partial charge in [0, 0.05) is 17.1 Å². The molecule has 3 heteroatoms. The van der Waals surface area contributed by atoms with Gasteiger partial charge in [-0.25, -0.2) is 0 Å². The van der Waals surface area contributed by atoms with Gasteiger partial charge in [-0.05, 0) is 34.9 Å². The van der Waals surface area contributed by atoms with Crippen LogP contribution in [0.15, 0.2) is 78.4 Å². The molecule has 0 aliphatic heterocycles. The predicted molar refractivity (Wildman–Crippen MR) is 107 cm³/mol. The average molecular weight is 356 g/mol. The molecule has 0 aromatic heterocycles. The number of ether oxygens (including phenoxy) is 2. The molecule has 0 amide bonds. The minimum atomic E-state index is -0.0667. The maximum absolute atomic E-state index is 13.1. The van der Waals surface area contributed by atoms with Gasteiger partial charge in [0.05, 0.1) is 14.2 Å². The van der Waals surface area contributed by atoms with Gasteiger partial charge < -0.3 is 9.47 Å². The fraction of sp³-hybridized carbons (Fsp3) is 0.125. The van der Waals surface area contributed by atoms with E-state index < -0.39 is 0 Å². The highest BCUT2D eigenvalue weighted by Crippen LogP contribution is 2.43. The second kappa shape index (κ2) is 7.12. The fourth-order valence-electron chi connectivity index (χ4n) is 3.69. The number of methoxy groups -OCH3 is 2. The zero-order valence-corrected chi connectivity index (χ0v) is 15.3. The van der Waals surface area contributed by atoms with Crippen LogP contribution in [0.4, 0.5) is 0 Å². The molecule has 0 spiro atoms. The van der Waals surface area contributed by atoms with Crippen molar-refractivity contribution in [3.8, 4) is 11.5 Å². The Kier molecular flexibility index (Phi) is 4.51. The number of rotatable bonds is 4. The average Bonchev–Trinajstić information content (AvgIpc) is 3.00. The smallest absolute Gasteiger partial charge is 0.190 e. The maximum Gasteiger partial charge on any atom is 0.190 e. The summed E-state index contributed by atoms with van der Waals surface area (Å²) in [6.07, 6.45) is 1.96. The van der Waals surface area contributed by atoms with E-state index in [1.54, 1.807) is 14.2 Å². The van der Waals surface area contributed by atoms with Gasteiger partial charge >= 0.3 is 0 Å². The van der Waals surface area contributed by atoms with E-state index in [-0.39, 0.29) is 11.7 Å². The molecular formula is C24H20O3. The number of hydrogen-bond acceptors (Lipinski definition) is 3. The zero-order chi connectivity index (χ0) is 18.8. The molecule has 0 heterocycles. The largest absolute Gasteiger partial charge is 0.493 e. The lowest BCUT2D eigenvalue weighted by Crippen LogP contribution is -2.02. The van der Waals surface area contributed by atoms with Crippen molar-refractivity contribution in [1.29, 1.82) is 0 Å². The number of carbonyl (C=O) groups excluding carboxylic acids is 1. The van der Waals surface area contributed by atoms with Crippen LogP contribution in [0.2, 0.25) is 0 Å². The molecule has 4 rings (SSSR count). The highest BCUT2D eigenvalue weighted by molar-refractivity contribution is 6.17. The lowest BCUT2D eigenvalue weighted by Gasteiger charge is -2.14. The van der Waals surface area contributed by atoms with Crippen molar-refractivity contribution >= 4 is 11.9 Å². The predicted octanol–water partition coefficient (Wildman–Crippen LogP) is 5.12. The number of allylic oxidation sites excluding steroid dienone is 1. The molecule has 27 heavy (non-hydrogen) atoms. The van der Waals surface area contributed by atoms with E-state index in [2.05, 4.69) is 12.1 Å². The molecular weight excluding hydrogens is 336 g/mol. The Bertz CT molecular complexity index is 1020. The molecule has 3 aromatic carbocycles. The molecule has 0 bridgehead atoms. The van der Waals surface area contributed by atoms with Gasteiger partial charge in [-0.15, -0.1) is 0 Å². The van der Waals surface area contributed by atoms with Crippen LogP contribution >= 0.6 is 0 Å². The molecule has 0 saturated carbocycles. The zero-order valence-electron chi connectivity index (χ0n) is 15.3. The van der Waals surface area contributed by atoms with E-state index in [1.165, 1.54) is 0 Å². The third kappa shape index (κ3) is 3.02. The third-order valence-corrected chi connectivity index (χ3v) is 4.95.